The fourth-order valence-electron chi connectivity index (χ4n) is 2.59. The van der Waals surface area contributed by atoms with Crippen LogP contribution in [0.25, 0.3) is 0 Å². The molecule has 1 aliphatic carbocycles. The van der Waals surface area contributed by atoms with Gasteiger partial charge in [0.2, 0.25) is 0 Å². The molecule has 2 N–H and O–H groups in total. The maximum atomic E-state index is 10.2. The monoisotopic (exact) mass is 341 g/mol. The lowest BCUT2D eigenvalue weighted by atomic mass is 9.75. The van der Waals surface area contributed by atoms with Gasteiger partial charge in [0.15, 0.2) is 0 Å². The Morgan fingerprint density at radius 2 is 2.20 bits per heavy atom. The molecule has 0 spiro atoms. The van der Waals surface area contributed by atoms with E-state index in [4.69, 9.17) is 4.74 Å². The van der Waals surface area contributed by atoms with Crippen molar-refractivity contribution >= 4 is 15.9 Å². The van der Waals surface area contributed by atoms with Gasteiger partial charge in [0.05, 0.1) is 5.60 Å². The van der Waals surface area contributed by atoms with Crippen LogP contribution in [0.2, 0.25) is 0 Å². The minimum atomic E-state index is -0.684. The number of halogens is 1. The van der Waals surface area contributed by atoms with Crippen LogP contribution in [0.5, 0.6) is 0 Å². The highest BCUT2D eigenvalue weighted by Gasteiger charge is 2.31. The summed E-state index contributed by atoms with van der Waals surface area (Å²) in [6.45, 7) is 3.09. The molecule has 4 heteroatoms. The van der Waals surface area contributed by atoms with Crippen LogP contribution in [-0.2, 0) is 4.74 Å². The normalized spacial score (nSPS) is 25.0. The molecule has 0 amide bonds. The number of rotatable bonds is 7. The van der Waals surface area contributed by atoms with Gasteiger partial charge in [-0.1, -0.05) is 28.1 Å². The second-order valence-corrected chi connectivity index (χ2v) is 6.96. The molecule has 2 rings (SSSR count). The highest BCUT2D eigenvalue weighted by atomic mass is 79.9. The molecule has 0 aliphatic heterocycles. The van der Waals surface area contributed by atoms with Gasteiger partial charge in [-0.25, -0.2) is 0 Å². The molecule has 1 fully saturated rings. The van der Waals surface area contributed by atoms with Crippen LogP contribution < -0.4 is 5.32 Å². The van der Waals surface area contributed by atoms with Crippen molar-refractivity contribution in [3.8, 4) is 0 Å². The summed E-state index contributed by atoms with van der Waals surface area (Å²) in [6, 6.07) is 9.07. The first-order chi connectivity index (χ1) is 9.50. The van der Waals surface area contributed by atoms with E-state index in [0.717, 1.165) is 17.3 Å². The number of ether oxygens (including phenoxy) is 1. The van der Waals surface area contributed by atoms with E-state index in [0.29, 0.717) is 31.5 Å². The largest absolute Gasteiger partial charge is 0.389 e. The lowest BCUT2D eigenvalue weighted by molar-refractivity contribution is 0.0197. The molecular weight excluding hydrogens is 318 g/mol. The number of benzene rings is 1. The molecule has 3 nitrogen and oxygen atoms in total. The number of hydrogen-bond acceptors (Lipinski definition) is 3. The van der Waals surface area contributed by atoms with E-state index >= 15 is 0 Å². The number of hydrogen-bond donors (Lipinski definition) is 2. The fourth-order valence-corrected chi connectivity index (χ4v) is 3.01. The quantitative estimate of drug-likeness (QED) is 0.800. The van der Waals surface area contributed by atoms with Crippen molar-refractivity contribution in [2.24, 2.45) is 0 Å². The van der Waals surface area contributed by atoms with E-state index in [1.165, 1.54) is 5.56 Å². The van der Waals surface area contributed by atoms with Gasteiger partial charge in [-0.3, -0.25) is 0 Å². The maximum Gasteiger partial charge on any atom is 0.0765 e. The van der Waals surface area contributed by atoms with Crippen molar-refractivity contribution in [2.45, 2.75) is 43.7 Å². The molecule has 1 saturated carbocycles. The van der Waals surface area contributed by atoms with Gasteiger partial charge in [0.1, 0.15) is 0 Å². The first-order valence-electron chi connectivity index (χ1n) is 7.20. The van der Waals surface area contributed by atoms with E-state index in [1.807, 2.05) is 6.92 Å². The van der Waals surface area contributed by atoms with Crippen molar-refractivity contribution in [3.05, 3.63) is 34.3 Å². The Labute approximate surface area is 129 Å². The smallest absolute Gasteiger partial charge is 0.0765 e. The van der Waals surface area contributed by atoms with Crippen LogP contribution in [0, 0.1) is 0 Å². The van der Waals surface area contributed by atoms with Crippen LogP contribution >= 0.6 is 15.9 Å². The third-order valence-corrected chi connectivity index (χ3v) is 4.57. The topological polar surface area (TPSA) is 41.5 Å². The molecule has 1 aromatic rings. The zero-order valence-corrected chi connectivity index (χ0v) is 13.8. The van der Waals surface area contributed by atoms with Crippen molar-refractivity contribution in [2.75, 3.05) is 20.3 Å². The summed E-state index contributed by atoms with van der Waals surface area (Å²) in [5.41, 5.74) is 0.722. The minimum absolute atomic E-state index is 0.521. The van der Waals surface area contributed by atoms with Gasteiger partial charge < -0.3 is 15.2 Å². The molecule has 0 saturated heterocycles. The Balaban J connectivity index is 1.72. The first-order valence-corrected chi connectivity index (χ1v) is 7.99. The summed E-state index contributed by atoms with van der Waals surface area (Å²) in [5, 5.41) is 13.7. The van der Waals surface area contributed by atoms with Crippen molar-refractivity contribution in [3.63, 3.8) is 0 Å². The van der Waals surface area contributed by atoms with E-state index in [-0.39, 0.29) is 0 Å². The second kappa shape index (κ2) is 7.03. The van der Waals surface area contributed by atoms with Crippen LogP contribution in [0.15, 0.2) is 28.7 Å². The second-order valence-electron chi connectivity index (χ2n) is 6.04. The van der Waals surface area contributed by atoms with Crippen LogP contribution in [0.1, 0.15) is 37.7 Å². The number of aliphatic hydroxyl groups is 1. The van der Waals surface area contributed by atoms with Crippen molar-refractivity contribution in [1.29, 1.82) is 0 Å². The van der Waals surface area contributed by atoms with E-state index in [9.17, 15) is 5.11 Å². The highest BCUT2D eigenvalue weighted by Crippen LogP contribution is 2.37. The summed E-state index contributed by atoms with van der Waals surface area (Å²) >= 11 is 3.52. The highest BCUT2D eigenvalue weighted by molar-refractivity contribution is 9.10. The van der Waals surface area contributed by atoms with Crippen LogP contribution in [-0.4, -0.2) is 37.0 Å². The van der Waals surface area contributed by atoms with E-state index in [1.54, 1.807) is 7.11 Å². The molecule has 1 aliphatic rings. The van der Waals surface area contributed by atoms with Gasteiger partial charge in [0.25, 0.3) is 0 Å². The fraction of sp³-hybridized carbons (Fsp3) is 0.625. The molecule has 0 bridgehead atoms. The predicted octanol–water partition coefficient (Wildman–Crippen LogP) is 3.07. The summed E-state index contributed by atoms with van der Waals surface area (Å²) in [7, 11) is 1.66. The third-order valence-electron chi connectivity index (χ3n) is 4.07. The summed E-state index contributed by atoms with van der Waals surface area (Å²) in [6.07, 6.45) is 2.96. The van der Waals surface area contributed by atoms with Crippen molar-refractivity contribution in [1.82, 2.24) is 5.32 Å². The Hall–Kier alpha value is -0.420. The minimum Gasteiger partial charge on any atom is -0.389 e. The standard InChI is InChI=1S/C16H24BrNO2/c1-16(19,6-7-20-2)11-18-15-9-13(10-15)12-4-3-5-14(17)8-12/h3-5,8,13,15,18-19H,6-7,9-11H2,1-2H3. The lowest BCUT2D eigenvalue weighted by Gasteiger charge is -2.38. The molecule has 1 unspecified atom stereocenters. The van der Waals surface area contributed by atoms with Crippen LogP contribution in [0.3, 0.4) is 0 Å². The SMILES string of the molecule is COCCC(C)(O)CNC1CC(c2cccc(Br)c2)C1. The molecule has 112 valence electrons. The van der Waals surface area contributed by atoms with Gasteiger partial charge in [-0.05, 0) is 43.4 Å². The molecule has 1 aromatic carbocycles. The zero-order chi connectivity index (χ0) is 14.6. The molecule has 20 heavy (non-hydrogen) atoms. The molecule has 1 atom stereocenters. The van der Waals surface area contributed by atoms with E-state index < -0.39 is 5.60 Å². The molecule has 0 aromatic heterocycles. The maximum absolute atomic E-state index is 10.2. The average Bonchev–Trinajstić information content (AvgIpc) is 2.34. The Kier molecular flexibility index (Phi) is 5.61. The Morgan fingerprint density at radius 1 is 1.45 bits per heavy atom. The van der Waals surface area contributed by atoms with E-state index in [2.05, 4.69) is 45.5 Å². The molecule has 0 radical (unpaired) electrons. The predicted molar refractivity (Wildman–Crippen MR) is 85.0 cm³/mol. The molecule has 0 heterocycles. The Bertz CT molecular complexity index is 430. The van der Waals surface area contributed by atoms with Gasteiger partial charge in [0, 0.05) is 37.2 Å². The van der Waals surface area contributed by atoms with Gasteiger partial charge >= 0.3 is 0 Å². The zero-order valence-electron chi connectivity index (χ0n) is 12.2. The van der Waals surface area contributed by atoms with Crippen molar-refractivity contribution < 1.29 is 9.84 Å². The third kappa shape index (κ3) is 4.55. The number of nitrogens with one attached hydrogen (secondary N) is 1. The summed E-state index contributed by atoms with van der Waals surface area (Å²) in [4.78, 5) is 0. The first kappa shape index (κ1) is 16.0. The van der Waals surface area contributed by atoms with Crippen LogP contribution in [0.4, 0.5) is 0 Å². The van der Waals surface area contributed by atoms with Gasteiger partial charge in [-0.2, -0.15) is 0 Å². The number of methoxy groups -OCH3 is 1. The summed E-state index contributed by atoms with van der Waals surface area (Å²) < 4.78 is 6.17. The summed E-state index contributed by atoms with van der Waals surface area (Å²) in [5.74, 6) is 0.647. The lowest BCUT2D eigenvalue weighted by Crippen LogP contribution is -2.47. The Morgan fingerprint density at radius 3 is 2.85 bits per heavy atom. The van der Waals surface area contributed by atoms with Gasteiger partial charge in [-0.15, -0.1) is 0 Å². The average molecular weight is 342 g/mol. The molecular formula is C16H24BrNO2.